The van der Waals surface area contributed by atoms with E-state index in [1.807, 2.05) is 18.7 Å². The summed E-state index contributed by atoms with van der Waals surface area (Å²) in [6, 6.07) is 0. The number of carbonyl (C=O) groups is 2. The molecule has 0 saturated carbocycles. The number of imidazole rings is 1. The quantitative estimate of drug-likeness (QED) is 0.0819. The molecule has 1 unspecified atom stereocenters. The molecule has 0 aliphatic carbocycles. The van der Waals surface area contributed by atoms with Gasteiger partial charge in [0.2, 0.25) is 0 Å². The van der Waals surface area contributed by atoms with Crippen molar-refractivity contribution in [2.45, 2.75) is 117 Å². The third-order valence-electron chi connectivity index (χ3n) is 6.94. The van der Waals surface area contributed by atoms with Crippen LogP contribution in [0.15, 0.2) is 18.7 Å². The van der Waals surface area contributed by atoms with Crippen LogP contribution in [-0.4, -0.2) is 59.7 Å². The minimum absolute atomic E-state index is 0.0215. The van der Waals surface area contributed by atoms with Crippen LogP contribution in [0, 0.1) is 5.92 Å². The van der Waals surface area contributed by atoms with Crippen molar-refractivity contribution in [3.63, 3.8) is 0 Å². The van der Waals surface area contributed by atoms with Gasteiger partial charge in [-0.05, 0) is 64.1 Å². The van der Waals surface area contributed by atoms with Gasteiger partial charge in [-0.25, -0.2) is 4.98 Å². The van der Waals surface area contributed by atoms with Gasteiger partial charge in [0, 0.05) is 25.4 Å². The van der Waals surface area contributed by atoms with Gasteiger partial charge < -0.3 is 18.9 Å². The number of carbonyl (C=O) groups excluding carboxylic acids is 2. The molecule has 0 bridgehead atoms. The van der Waals surface area contributed by atoms with Crippen molar-refractivity contribution in [3.8, 4) is 0 Å². The SMILES string of the molecule is CCCCC(CC)CCC(=O)OCCCCCCN(CCCCCCOC=O)CCCn1ccnc1. The molecule has 7 heteroatoms. The van der Waals surface area contributed by atoms with E-state index in [1.165, 1.54) is 44.9 Å². The Morgan fingerprint density at radius 1 is 0.917 bits per heavy atom. The number of unbranched alkanes of at least 4 members (excludes halogenated alkanes) is 7. The van der Waals surface area contributed by atoms with Crippen molar-refractivity contribution < 1.29 is 19.1 Å². The zero-order chi connectivity index (χ0) is 26.1. The first-order chi connectivity index (χ1) is 17.7. The topological polar surface area (TPSA) is 73.7 Å². The van der Waals surface area contributed by atoms with E-state index in [0.29, 0.717) is 32.0 Å². The summed E-state index contributed by atoms with van der Waals surface area (Å²) >= 11 is 0. The minimum atomic E-state index is -0.0215. The highest BCUT2D eigenvalue weighted by molar-refractivity contribution is 5.69. The largest absolute Gasteiger partial charge is 0.468 e. The maximum Gasteiger partial charge on any atom is 0.305 e. The van der Waals surface area contributed by atoms with Crippen LogP contribution < -0.4 is 0 Å². The Hall–Kier alpha value is -1.89. The lowest BCUT2D eigenvalue weighted by atomic mass is 9.94. The van der Waals surface area contributed by atoms with Gasteiger partial charge in [0.15, 0.2) is 0 Å². The van der Waals surface area contributed by atoms with E-state index in [9.17, 15) is 9.59 Å². The van der Waals surface area contributed by atoms with E-state index in [0.717, 1.165) is 71.1 Å². The predicted molar refractivity (Wildman–Crippen MR) is 146 cm³/mol. The summed E-state index contributed by atoms with van der Waals surface area (Å²) in [5.74, 6) is 0.642. The van der Waals surface area contributed by atoms with Crippen LogP contribution in [0.2, 0.25) is 0 Å². The summed E-state index contributed by atoms with van der Waals surface area (Å²) in [5, 5.41) is 0. The third kappa shape index (κ3) is 18.4. The molecular weight excluding hydrogens is 454 g/mol. The number of aromatic nitrogens is 2. The van der Waals surface area contributed by atoms with Crippen LogP contribution in [0.1, 0.15) is 110 Å². The van der Waals surface area contributed by atoms with Crippen LogP contribution in [0.4, 0.5) is 0 Å². The molecular formula is C29H53N3O4. The van der Waals surface area contributed by atoms with Gasteiger partial charge in [-0.2, -0.15) is 0 Å². The Morgan fingerprint density at radius 2 is 1.61 bits per heavy atom. The van der Waals surface area contributed by atoms with E-state index in [1.54, 1.807) is 0 Å². The number of aryl methyl sites for hydroxylation is 1. The molecule has 0 aliphatic rings. The normalized spacial score (nSPS) is 12.1. The summed E-state index contributed by atoms with van der Waals surface area (Å²) in [7, 11) is 0. The summed E-state index contributed by atoms with van der Waals surface area (Å²) in [4.78, 5) is 29.0. The Bertz CT molecular complexity index is 624. The highest BCUT2D eigenvalue weighted by Gasteiger charge is 2.10. The monoisotopic (exact) mass is 507 g/mol. The van der Waals surface area contributed by atoms with Gasteiger partial charge in [-0.15, -0.1) is 0 Å². The van der Waals surface area contributed by atoms with E-state index >= 15 is 0 Å². The second-order valence-electron chi connectivity index (χ2n) is 9.97. The molecule has 0 N–H and O–H groups in total. The molecule has 36 heavy (non-hydrogen) atoms. The molecule has 0 aromatic carbocycles. The number of ether oxygens (including phenoxy) is 2. The lowest BCUT2D eigenvalue weighted by molar-refractivity contribution is -0.144. The highest BCUT2D eigenvalue weighted by Crippen LogP contribution is 2.18. The Kier molecular flexibility index (Phi) is 21.0. The first-order valence-electron chi connectivity index (χ1n) is 14.6. The van der Waals surface area contributed by atoms with Crippen LogP contribution in [0.5, 0.6) is 0 Å². The third-order valence-corrected chi connectivity index (χ3v) is 6.94. The van der Waals surface area contributed by atoms with Crippen molar-refractivity contribution in [1.29, 1.82) is 0 Å². The molecule has 7 nitrogen and oxygen atoms in total. The molecule has 0 saturated heterocycles. The molecule has 1 aromatic heterocycles. The van der Waals surface area contributed by atoms with Crippen molar-refractivity contribution in [3.05, 3.63) is 18.7 Å². The number of nitrogens with zero attached hydrogens (tertiary/aromatic N) is 3. The van der Waals surface area contributed by atoms with Gasteiger partial charge in [-0.3, -0.25) is 9.59 Å². The first kappa shape index (κ1) is 32.1. The zero-order valence-corrected chi connectivity index (χ0v) is 23.2. The summed E-state index contributed by atoms with van der Waals surface area (Å²) in [6.07, 6.45) is 22.1. The molecule has 0 radical (unpaired) electrons. The van der Waals surface area contributed by atoms with Crippen LogP contribution >= 0.6 is 0 Å². The van der Waals surface area contributed by atoms with Crippen LogP contribution in [-0.2, 0) is 25.6 Å². The van der Waals surface area contributed by atoms with Crippen molar-refractivity contribution in [1.82, 2.24) is 14.5 Å². The zero-order valence-electron chi connectivity index (χ0n) is 23.2. The predicted octanol–water partition coefficient (Wildman–Crippen LogP) is 6.41. The average Bonchev–Trinajstić information content (AvgIpc) is 3.41. The molecule has 1 rings (SSSR count). The van der Waals surface area contributed by atoms with Crippen LogP contribution in [0.25, 0.3) is 0 Å². The lowest BCUT2D eigenvalue weighted by Crippen LogP contribution is -2.28. The second-order valence-corrected chi connectivity index (χ2v) is 9.97. The van der Waals surface area contributed by atoms with Crippen molar-refractivity contribution in [2.75, 3.05) is 32.8 Å². The van der Waals surface area contributed by atoms with Gasteiger partial charge in [0.25, 0.3) is 6.47 Å². The smallest absolute Gasteiger partial charge is 0.305 e. The number of hydrogen-bond acceptors (Lipinski definition) is 6. The Balaban J connectivity index is 2.14. The minimum Gasteiger partial charge on any atom is -0.468 e. The summed E-state index contributed by atoms with van der Waals surface area (Å²) < 4.78 is 12.4. The molecule has 1 heterocycles. The van der Waals surface area contributed by atoms with Gasteiger partial charge in [0.1, 0.15) is 0 Å². The molecule has 208 valence electrons. The van der Waals surface area contributed by atoms with E-state index < -0.39 is 0 Å². The fourth-order valence-electron chi connectivity index (χ4n) is 4.57. The first-order valence-corrected chi connectivity index (χ1v) is 14.6. The molecule has 0 spiro atoms. The lowest BCUT2D eigenvalue weighted by Gasteiger charge is -2.22. The Labute approximate surface area is 220 Å². The van der Waals surface area contributed by atoms with Gasteiger partial charge >= 0.3 is 5.97 Å². The fraction of sp³-hybridized carbons (Fsp3) is 0.828. The summed E-state index contributed by atoms with van der Waals surface area (Å²) in [5.41, 5.74) is 0. The van der Waals surface area contributed by atoms with E-state index in [-0.39, 0.29) is 5.97 Å². The fourth-order valence-corrected chi connectivity index (χ4v) is 4.57. The molecule has 0 amide bonds. The molecule has 1 aromatic rings. The maximum absolute atomic E-state index is 12.0. The maximum atomic E-state index is 12.0. The molecule has 1 atom stereocenters. The van der Waals surface area contributed by atoms with E-state index in [2.05, 4.69) is 28.3 Å². The highest BCUT2D eigenvalue weighted by atomic mass is 16.5. The average molecular weight is 508 g/mol. The van der Waals surface area contributed by atoms with Crippen molar-refractivity contribution in [2.24, 2.45) is 5.92 Å². The summed E-state index contributed by atoms with van der Waals surface area (Å²) in [6.45, 7) is 10.4. The second kappa shape index (κ2) is 23.5. The van der Waals surface area contributed by atoms with Gasteiger partial charge in [0.05, 0.1) is 19.5 Å². The standard InChI is InChI=1S/C29H53N3O4/c1-3-5-15-28(4-2)16-17-29(34)36-25-13-9-7-11-20-31(19-10-6-8-12-24-35-27-33)21-14-22-32-23-18-30-26-32/h18,23,26-28H,3-17,19-22,24-25H2,1-2H3. The van der Waals surface area contributed by atoms with E-state index in [4.69, 9.17) is 9.47 Å². The van der Waals surface area contributed by atoms with Crippen LogP contribution in [0.3, 0.4) is 0 Å². The number of hydrogen-bond donors (Lipinski definition) is 0. The van der Waals surface area contributed by atoms with Crippen molar-refractivity contribution >= 4 is 12.4 Å². The van der Waals surface area contributed by atoms with Gasteiger partial charge in [-0.1, -0.05) is 65.2 Å². The molecule has 0 aliphatic heterocycles. The number of esters is 1. The number of rotatable bonds is 26. The molecule has 0 fully saturated rings. The Morgan fingerprint density at radius 3 is 2.25 bits per heavy atom.